The molecule has 2 aromatic heterocycles. The summed E-state index contributed by atoms with van der Waals surface area (Å²) in [6, 6.07) is 9.10. The predicted molar refractivity (Wildman–Crippen MR) is 255 cm³/mol. The number of hydrogen-bond donors (Lipinski definition) is 3. The summed E-state index contributed by atoms with van der Waals surface area (Å²) in [6.45, 7) is 10.6. The normalized spacial score (nSPS) is 21.2. The SMILES string of the molecule is CCn1c(-c2cnccc2COC)c2c3cc(ccc31)-c1cc(O)cc(c1)C[C@H](NC(=O)C(C(C)C)N(C)C(=O)CN(C)C(=O)[C@@H]1CN1S(C)(=O)=O)C(=O)N1CCC[C@H](N1)C(=O)OCC(C)(C)C2. The summed E-state index contributed by atoms with van der Waals surface area (Å²) in [5, 5.41) is 16.5. The zero-order chi connectivity index (χ0) is 49.4. The molecular weight excluding hydrogens is 893 g/mol. The Morgan fingerprint density at radius 1 is 1.09 bits per heavy atom. The first kappa shape index (κ1) is 50.0. The third-order valence-corrected chi connectivity index (χ3v) is 14.3. The van der Waals surface area contributed by atoms with Crippen LogP contribution in [-0.4, -0.2) is 150 Å². The van der Waals surface area contributed by atoms with Crippen molar-refractivity contribution in [3.05, 3.63) is 71.5 Å². The van der Waals surface area contributed by atoms with Crippen LogP contribution in [0.4, 0.5) is 0 Å². The van der Waals surface area contributed by atoms with Crippen molar-refractivity contribution in [1.29, 1.82) is 0 Å². The Hall–Kier alpha value is -5.89. The van der Waals surface area contributed by atoms with Crippen LogP contribution < -0.4 is 10.7 Å². The van der Waals surface area contributed by atoms with Crippen LogP contribution in [0.25, 0.3) is 33.3 Å². The molecule has 4 amide bonds. The number of benzene rings is 2. The number of methoxy groups -OCH3 is 1. The third kappa shape index (κ3) is 10.7. The molecule has 0 spiro atoms. The number of carbonyl (C=O) groups is 5. The molecular formula is C49H64N8O10S. The van der Waals surface area contributed by atoms with E-state index in [-0.39, 0.29) is 31.9 Å². The zero-order valence-corrected chi connectivity index (χ0v) is 41.2. The van der Waals surface area contributed by atoms with Gasteiger partial charge in [0, 0.05) is 81.5 Å². The Kier molecular flexibility index (Phi) is 14.7. The Morgan fingerprint density at radius 3 is 2.51 bits per heavy atom. The largest absolute Gasteiger partial charge is 0.508 e. The standard InChI is InChI=1S/C49H64N8O10S/c1-10-55-40-14-13-31-22-35(40)36(44(55)37-24-50-16-15-32(37)27-66-8)23-49(4,5)28-67-48(63)38-12-11-17-56(52-38)46(61)39(20-30-18-33(31)21-34(58)19-30)51-45(60)43(29(2)3)54(7)42(59)26-53(6)47(62)41-25-57(41)68(9,64)65/h13-16,18-19,21-22,24,29,38-39,41,43,52,58H,10-12,17,20,23,25-28H2,1-9H3,(H,51,60)/t38-,39-,41-,43?,57?/m0/s1. The average molecular weight is 957 g/mol. The number of fused-ring (bicyclic) bond motifs is 6. The Balaban J connectivity index is 1.26. The molecule has 5 heterocycles. The van der Waals surface area contributed by atoms with Gasteiger partial charge >= 0.3 is 5.97 Å². The molecule has 3 N–H and O–H groups in total. The van der Waals surface area contributed by atoms with E-state index < -0.39 is 81.7 Å². The van der Waals surface area contributed by atoms with Gasteiger partial charge in [0.15, 0.2) is 0 Å². The highest BCUT2D eigenvalue weighted by Gasteiger charge is 2.48. The summed E-state index contributed by atoms with van der Waals surface area (Å²) in [6.07, 6.45) is 5.94. The van der Waals surface area contributed by atoms with Gasteiger partial charge in [-0.1, -0.05) is 39.8 Å². The minimum absolute atomic E-state index is 0.0263. The molecule has 7 rings (SSSR count). The fourth-order valence-corrected chi connectivity index (χ4v) is 10.6. The maximum atomic E-state index is 14.7. The second kappa shape index (κ2) is 20.0. The van der Waals surface area contributed by atoms with Crippen molar-refractivity contribution < 1.29 is 47.0 Å². The number of carbonyl (C=O) groups excluding carboxylic acids is 5. The van der Waals surface area contributed by atoms with E-state index in [0.717, 1.165) is 54.3 Å². The van der Waals surface area contributed by atoms with E-state index in [1.54, 1.807) is 39.3 Å². The summed E-state index contributed by atoms with van der Waals surface area (Å²) in [7, 11) is 0.914. The van der Waals surface area contributed by atoms with E-state index in [9.17, 15) is 37.5 Å². The number of amides is 4. The number of phenols is 1. The summed E-state index contributed by atoms with van der Waals surface area (Å²) in [5.41, 5.74) is 9.43. The number of nitrogens with one attached hydrogen (secondary N) is 2. The maximum absolute atomic E-state index is 14.7. The van der Waals surface area contributed by atoms with E-state index in [1.165, 1.54) is 24.0 Å². The van der Waals surface area contributed by atoms with E-state index >= 15 is 0 Å². The number of sulfonamides is 1. The number of pyridine rings is 1. The van der Waals surface area contributed by atoms with Crippen LogP contribution in [-0.2, 0) is 69.5 Å². The molecule has 6 bridgehead atoms. The number of hydrazine groups is 1. The summed E-state index contributed by atoms with van der Waals surface area (Å²) in [4.78, 5) is 76.7. The van der Waals surface area contributed by atoms with Gasteiger partial charge in [-0.05, 0) is 90.3 Å². The monoisotopic (exact) mass is 956 g/mol. The lowest BCUT2D eigenvalue weighted by molar-refractivity contribution is -0.155. The number of rotatable bonds is 12. The van der Waals surface area contributed by atoms with Gasteiger partial charge in [0.25, 0.3) is 5.91 Å². The Labute approximate surface area is 397 Å². The zero-order valence-electron chi connectivity index (χ0n) is 40.4. The lowest BCUT2D eigenvalue weighted by atomic mass is 9.84. The van der Waals surface area contributed by atoms with E-state index in [4.69, 9.17) is 9.47 Å². The second-order valence-electron chi connectivity index (χ2n) is 19.4. The molecule has 18 nitrogen and oxygen atoms in total. The molecule has 3 aliphatic heterocycles. The summed E-state index contributed by atoms with van der Waals surface area (Å²) < 4.78 is 38.9. The first-order valence-corrected chi connectivity index (χ1v) is 24.9. The number of esters is 1. The number of aryl methyl sites for hydroxylation is 1. The van der Waals surface area contributed by atoms with Gasteiger partial charge in [-0.2, -0.15) is 4.31 Å². The molecule has 3 aliphatic rings. The Morgan fingerprint density at radius 2 is 1.84 bits per heavy atom. The van der Waals surface area contributed by atoms with Gasteiger partial charge in [0.1, 0.15) is 29.9 Å². The van der Waals surface area contributed by atoms with Gasteiger partial charge in [0.2, 0.25) is 27.7 Å². The first-order valence-electron chi connectivity index (χ1n) is 23.0. The quantitative estimate of drug-likeness (QED) is 0.138. The molecule has 4 aromatic rings. The lowest BCUT2D eigenvalue weighted by Crippen LogP contribution is -2.62. The average Bonchev–Trinajstić information content (AvgIpc) is 4.06. The molecule has 2 unspecified atom stereocenters. The molecule has 366 valence electrons. The van der Waals surface area contributed by atoms with Crippen LogP contribution in [0, 0.1) is 11.3 Å². The lowest BCUT2D eigenvalue weighted by Gasteiger charge is -2.37. The molecule has 0 saturated carbocycles. The maximum Gasteiger partial charge on any atom is 0.324 e. The van der Waals surface area contributed by atoms with Crippen LogP contribution in [0.15, 0.2) is 54.9 Å². The van der Waals surface area contributed by atoms with Gasteiger partial charge in [-0.3, -0.25) is 34.0 Å². The highest BCUT2D eigenvalue weighted by atomic mass is 32.2. The fraction of sp³-hybridized carbons (Fsp3) is 0.510. The van der Waals surface area contributed by atoms with Crippen LogP contribution in [0.3, 0.4) is 0 Å². The minimum atomic E-state index is -3.58. The molecule has 2 aromatic carbocycles. The van der Waals surface area contributed by atoms with E-state index in [2.05, 4.69) is 53.2 Å². The van der Waals surface area contributed by atoms with Crippen LogP contribution in [0.1, 0.15) is 64.2 Å². The van der Waals surface area contributed by atoms with Gasteiger partial charge in [-0.25, -0.2) is 13.8 Å². The molecule has 19 heteroatoms. The highest BCUT2D eigenvalue weighted by Crippen LogP contribution is 2.41. The highest BCUT2D eigenvalue weighted by molar-refractivity contribution is 7.88. The number of cyclic esters (lactones) is 1. The summed E-state index contributed by atoms with van der Waals surface area (Å²) >= 11 is 0. The topological polar surface area (TPSA) is 213 Å². The first-order chi connectivity index (χ1) is 32.1. The molecule has 68 heavy (non-hydrogen) atoms. The number of aromatic hydroxyl groups is 1. The second-order valence-corrected chi connectivity index (χ2v) is 21.4. The van der Waals surface area contributed by atoms with Crippen molar-refractivity contribution in [2.24, 2.45) is 11.3 Å². The molecule has 2 fully saturated rings. The number of hydrogen-bond acceptors (Lipinski definition) is 12. The smallest absolute Gasteiger partial charge is 0.324 e. The van der Waals surface area contributed by atoms with E-state index in [0.29, 0.717) is 43.5 Å². The Bertz CT molecular complexity index is 2720. The number of aromatic nitrogens is 2. The fourth-order valence-electron chi connectivity index (χ4n) is 9.61. The molecule has 5 atom stereocenters. The van der Waals surface area contributed by atoms with Crippen LogP contribution >= 0.6 is 0 Å². The minimum Gasteiger partial charge on any atom is -0.508 e. The number of likely N-dealkylation sites (N-methyl/N-ethyl adjacent to an activating group) is 2. The van der Waals surface area contributed by atoms with Gasteiger partial charge in [-0.15, -0.1) is 0 Å². The number of nitrogens with zero attached hydrogens (tertiary/aromatic N) is 6. The van der Waals surface area contributed by atoms with Crippen molar-refractivity contribution in [1.82, 2.24) is 39.4 Å². The van der Waals surface area contributed by atoms with Crippen LogP contribution in [0.2, 0.25) is 0 Å². The van der Waals surface area contributed by atoms with Crippen molar-refractivity contribution in [2.75, 3.05) is 53.7 Å². The number of ether oxygens (including phenoxy) is 2. The summed E-state index contributed by atoms with van der Waals surface area (Å²) in [5.74, 6) is -3.31. The predicted octanol–water partition coefficient (Wildman–Crippen LogP) is 3.48. The molecule has 2 saturated heterocycles. The van der Waals surface area contributed by atoms with E-state index in [1.807, 2.05) is 24.4 Å². The van der Waals surface area contributed by atoms with Gasteiger partial charge in [0.05, 0.1) is 31.7 Å². The van der Waals surface area contributed by atoms with Gasteiger partial charge < -0.3 is 34.3 Å². The van der Waals surface area contributed by atoms with Crippen LogP contribution in [0.5, 0.6) is 5.75 Å². The van der Waals surface area contributed by atoms with Crippen molar-refractivity contribution >= 4 is 50.5 Å². The number of phenolic OH excluding ortho intramolecular Hbond substituents is 1. The molecule has 0 aliphatic carbocycles. The van der Waals surface area contributed by atoms with Crippen molar-refractivity contribution in [3.63, 3.8) is 0 Å². The van der Waals surface area contributed by atoms with Crippen molar-refractivity contribution in [3.8, 4) is 28.1 Å². The van der Waals surface area contributed by atoms with Crippen molar-refractivity contribution in [2.45, 2.75) is 97.6 Å². The molecule has 0 radical (unpaired) electrons. The third-order valence-electron chi connectivity index (χ3n) is 13.1.